The third-order valence-corrected chi connectivity index (χ3v) is 2.74. The Morgan fingerprint density at radius 1 is 1.33 bits per heavy atom. The molecule has 0 atom stereocenters. The van der Waals surface area contributed by atoms with E-state index in [1.54, 1.807) is 20.8 Å². The van der Waals surface area contributed by atoms with Gasteiger partial charge in [0.2, 0.25) is 0 Å². The fourth-order valence-electron chi connectivity index (χ4n) is 1.96. The van der Waals surface area contributed by atoms with Gasteiger partial charge in [-0.05, 0) is 26.8 Å². The molecule has 0 fully saturated rings. The van der Waals surface area contributed by atoms with Crippen LogP contribution >= 0.6 is 0 Å². The van der Waals surface area contributed by atoms with Gasteiger partial charge in [-0.25, -0.2) is 14.8 Å². The highest BCUT2D eigenvalue weighted by atomic mass is 16.6. The lowest BCUT2D eigenvalue weighted by Crippen LogP contribution is -2.27. The Morgan fingerprint density at radius 3 is 2.81 bits per heavy atom. The van der Waals surface area contributed by atoms with Crippen LogP contribution in [0.4, 0.5) is 4.79 Å². The summed E-state index contributed by atoms with van der Waals surface area (Å²) in [6, 6.07) is 1.48. The maximum absolute atomic E-state index is 12.2. The van der Waals surface area contributed by atoms with E-state index in [4.69, 9.17) is 4.74 Å². The van der Waals surface area contributed by atoms with Gasteiger partial charge in [0.15, 0.2) is 5.52 Å². The lowest BCUT2D eigenvalue weighted by Gasteiger charge is -2.18. The summed E-state index contributed by atoms with van der Waals surface area (Å²) in [6.45, 7) is 5.26. The summed E-state index contributed by atoms with van der Waals surface area (Å²) in [5.41, 5.74) is 0.277. The molecule has 3 rings (SSSR count). The van der Waals surface area contributed by atoms with Crippen molar-refractivity contribution in [2.45, 2.75) is 26.4 Å². The van der Waals surface area contributed by atoms with Gasteiger partial charge in [0.1, 0.15) is 28.7 Å². The molecule has 0 saturated carbocycles. The van der Waals surface area contributed by atoms with E-state index in [0.717, 1.165) is 4.68 Å². The Morgan fingerprint density at radius 2 is 2.10 bits per heavy atom. The zero-order valence-electron chi connectivity index (χ0n) is 11.7. The number of fused-ring (bicyclic) bond motifs is 3. The number of nitrogens with zero attached hydrogens (tertiary/aromatic N) is 5. The van der Waals surface area contributed by atoms with Crippen LogP contribution in [0.5, 0.6) is 5.75 Å². The first-order valence-corrected chi connectivity index (χ1v) is 6.27. The van der Waals surface area contributed by atoms with Crippen molar-refractivity contribution < 1.29 is 14.6 Å². The van der Waals surface area contributed by atoms with E-state index in [1.165, 1.54) is 18.6 Å². The van der Waals surface area contributed by atoms with Gasteiger partial charge in [-0.2, -0.15) is 0 Å². The Labute approximate surface area is 119 Å². The zero-order valence-corrected chi connectivity index (χ0v) is 11.7. The van der Waals surface area contributed by atoms with Crippen molar-refractivity contribution in [2.75, 3.05) is 0 Å². The minimum Gasteiger partial charge on any atom is -0.506 e. The van der Waals surface area contributed by atoms with E-state index in [9.17, 15) is 9.90 Å². The number of rotatable bonds is 0. The second kappa shape index (κ2) is 4.37. The number of aromatic nitrogens is 5. The molecule has 0 spiro atoms. The molecule has 0 radical (unpaired) electrons. The van der Waals surface area contributed by atoms with E-state index in [0.29, 0.717) is 16.4 Å². The fourth-order valence-corrected chi connectivity index (χ4v) is 1.96. The summed E-state index contributed by atoms with van der Waals surface area (Å²) in [5.74, 6) is -0.0953. The van der Waals surface area contributed by atoms with E-state index < -0.39 is 11.7 Å². The average molecular weight is 287 g/mol. The van der Waals surface area contributed by atoms with Crippen LogP contribution in [0.3, 0.4) is 0 Å². The Hall–Kier alpha value is -2.77. The molecule has 0 unspecified atom stereocenters. The van der Waals surface area contributed by atoms with Crippen molar-refractivity contribution in [1.29, 1.82) is 0 Å². The number of carbonyl (C=O) groups is 1. The third kappa shape index (κ3) is 2.24. The first kappa shape index (κ1) is 13.2. The molecule has 2 heterocycles. The molecule has 1 aromatic carbocycles. The summed E-state index contributed by atoms with van der Waals surface area (Å²) < 4.78 is 6.27. The van der Waals surface area contributed by atoms with Gasteiger partial charge in [-0.15, -0.1) is 9.78 Å². The maximum atomic E-state index is 12.2. The highest BCUT2D eigenvalue weighted by molar-refractivity contribution is 6.06. The Bertz CT molecular complexity index is 850. The van der Waals surface area contributed by atoms with Crippen LogP contribution in [0.1, 0.15) is 20.8 Å². The van der Waals surface area contributed by atoms with Gasteiger partial charge in [0, 0.05) is 11.6 Å². The number of phenols is 1. The van der Waals surface area contributed by atoms with Gasteiger partial charge in [0.25, 0.3) is 0 Å². The standard InChI is InChI=1S/C13H13N5O3/c1-13(2,3)21-12(20)18-11-9-7(5-14-6-15-9)4-8(19)10(11)16-17-18/h4-6,19H,1-3H3. The molecule has 0 aliphatic heterocycles. The number of hydrogen-bond acceptors (Lipinski definition) is 7. The molecule has 0 aliphatic carbocycles. The summed E-state index contributed by atoms with van der Waals surface area (Å²) in [4.78, 5) is 20.2. The molecule has 1 N–H and O–H groups in total. The van der Waals surface area contributed by atoms with E-state index >= 15 is 0 Å². The minimum atomic E-state index is -0.685. The van der Waals surface area contributed by atoms with Gasteiger partial charge in [-0.1, -0.05) is 5.21 Å². The normalized spacial score (nSPS) is 12.0. The van der Waals surface area contributed by atoms with Crippen molar-refractivity contribution >= 4 is 28.0 Å². The highest BCUT2D eigenvalue weighted by Crippen LogP contribution is 2.29. The molecule has 0 aliphatic rings. The quantitative estimate of drug-likeness (QED) is 0.673. The van der Waals surface area contributed by atoms with Gasteiger partial charge >= 0.3 is 6.09 Å². The van der Waals surface area contributed by atoms with Gasteiger partial charge in [-0.3, -0.25) is 0 Å². The van der Waals surface area contributed by atoms with Crippen LogP contribution in [0.25, 0.3) is 21.9 Å². The number of phenolic OH excluding ortho intramolecular Hbond substituents is 1. The lowest BCUT2D eigenvalue weighted by atomic mass is 10.2. The predicted molar refractivity (Wildman–Crippen MR) is 73.9 cm³/mol. The van der Waals surface area contributed by atoms with Crippen LogP contribution in [0.15, 0.2) is 18.6 Å². The molecule has 2 aromatic heterocycles. The van der Waals surface area contributed by atoms with Crippen LogP contribution in [0.2, 0.25) is 0 Å². The fraction of sp³-hybridized carbons (Fsp3) is 0.308. The highest BCUT2D eigenvalue weighted by Gasteiger charge is 2.23. The maximum Gasteiger partial charge on any atom is 0.437 e. The molecule has 8 nitrogen and oxygen atoms in total. The predicted octanol–water partition coefficient (Wildman–Crippen LogP) is 1.86. The molecule has 0 amide bonds. The van der Waals surface area contributed by atoms with E-state index in [1.807, 2.05) is 0 Å². The number of benzene rings is 1. The van der Waals surface area contributed by atoms with Crippen molar-refractivity contribution in [2.24, 2.45) is 0 Å². The average Bonchev–Trinajstić information content (AvgIpc) is 2.82. The second-order valence-corrected chi connectivity index (χ2v) is 5.54. The van der Waals surface area contributed by atoms with Crippen molar-refractivity contribution in [3.8, 4) is 5.75 Å². The smallest absolute Gasteiger partial charge is 0.437 e. The molecule has 108 valence electrons. The zero-order chi connectivity index (χ0) is 15.2. The molecule has 3 aromatic rings. The number of ether oxygens (including phenoxy) is 1. The number of carbonyl (C=O) groups excluding carboxylic acids is 1. The SMILES string of the molecule is CC(C)(C)OC(=O)n1nnc2c(O)cc3cncnc3c21. The molecule has 0 bridgehead atoms. The molecule has 8 heteroatoms. The molecular formula is C13H13N5O3. The topological polar surface area (TPSA) is 103 Å². The summed E-state index contributed by atoms with van der Waals surface area (Å²) in [5, 5.41) is 18.1. The van der Waals surface area contributed by atoms with Gasteiger partial charge < -0.3 is 9.84 Å². The summed E-state index contributed by atoms with van der Waals surface area (Å²) in [7, 11) is 0. The summed E-state index contributed by atoms with van der Waals surface area (Å²) >= 11 is 0. The Kier molecular flexibility index (Phi) is 2.75. The van der Waals surface area contributed by atoms with Crippen LogP contribution in [-0.4, -0.2) is 41.8 Å². The molecule has 21 heavy (non-hydrogen) atoms. The molecular weight excluding hydrogens is 274 g/mol. The molecule has 0 saturated heterocycles. The third-order valence-electron chi connectivity index (χ3n) is 2.74. The van der Waals surface area contributed by atoms with E-state index in [2.05, 4.69) is 20.3 Å². The van der Waals surface area contributed by atoms with Crippen LogP contribution < -0.4 is 0 Å². The van der Waals surface area contributed by atoms with E-state index in [-0.39, 0.29) is 11.3 Å². The first-order chi connectivity index (χ1) is 9.87. The lowest BCUT2D eigenvalue weighted by molar-refractivity contribution is 0.0519. The van der Waals surface area contributed by atoms with Crippen molar-refractivity contribution in [3.63, 3.8) is 0 Å². The largest absolute Gasteiger partial charge is 0.506 e. The minimum absolute atomic E-state index is 0.0953. The first-order valence-electron chi connectivity index (χ1n) is 6.27. The van der Waals surface area contributed by atoms with Crippen LogP contribution in [-0.2, 0) is 4.74 Å². The van der Waals surface area contributed by atoms with Crippen LogP contribution in [0, 0.1) is 0 Å². The Balaban J connectivity index is 2.27. The second-order valence-electron chi connectivity index (χ2n) is 5.54. The number of hydrogen-bond donors (Lipinski definition) is 1. The van der Waals surface area contributed by atoms with Crippen molar-refractivity contribution in [3.05, 3.63) is 18.6 Å². The van der Waals surface area contributed by atoms with Gasteiger partial charge in [0.05, 0.1) is 0 Å². The number of aromatic hydroxyl groups is 1. The monoisotopic (exact) mass is 287 g/mol. The van der Waals surface area contributed by atoms with Crippen molar-refractivity contribution in [1.82, 2.24) is 25.0 Å². The summed E-state index contributed by atoms with van der Waals surface area (Å²) in [6.07, 6.45) is 2.20.